The van der Waals surface area contributed by atoms with Crippen LogP contribution in [0, 0.1) is 12.7 Å². The number of carbonyl (C=O) groups is 1. The Labute approximate surface area is 211 Å². The number of hydrogen-bond donors (Lipinski definition) is 1. The van der Waals surface area contributed by atoms with E-state index in [2.05, 4.69) is 14.4 Å². The van der Waals surface area contributed by atoms with Crippen LogP contribution in [0.15, 0.2) is 39.7 Å². The molecule has 1 aromatic carbocycles. The minimum absolute atomic E-state index is 0. The Morgan fingerprint density at radius 2 is 2.00 bits per heavy atom. The van der Waals surface area contributed by atoms with Crippen LogP contribution in [0.3, 0.4) is 0 Å². The maximum absolute atomic E-state index is 14.5. The molecule has 0 unspecified atom stereocenters. The topological polar surface area (TPSA) is 133 Å². The number of benzene rings is 1. The van der Waals surface area contributed by atoms with Crippen molar-refractivity contribution in [2.45, 2.75) is 13.3 Å². The van der Waals surface area contributed by atoms with E-state index in [1.54, 1.807) is 13.0 Å². The number of amides is 1. The van der Waals surface area contributed by atoms with Crippen molar-refractivity contribution in [1.29, 1.82) is 0 Å². The van der Waals surface area contributed by atoms with E-state index >= 15 is 0 Å². The molecule has 33 heavy (non-hydrogen) atoms. The molecule has 0 aliphatic heterocycles. The van der Waals surface area contributed by atoms with Crippen LogP contribution in [0.5, 0.6) is 5.75 Å². The fraction of sp³-hybridized carbons (Fsp3) is 0.250. The average Bonchev–Trinajstić information content (AvgIpc) is 2.72. The summed E-state index contributed by atoms with van der Waals surface area (Å²) in [5.74, 6) is -1.21. The molecule has 2 heterocycles. The summed E-state index contributed by atoms with van der Waals surface area (Å²) in [6.45, 7) is 1.64. The van der Waals surface area contributed by atoms with Gasteiger partial charge in [0.2, 0.25) is 10.2 Å². The Morgan fingerprint density at radius 3 is 2.64 bits per heavy atom. The van der Waals surface area contributed by atoms with Gasteiger partial charge in [-0.2, -0.15) is 0 Å². The fourth-order valence-electron chi connectivity index (χ4n) is 2.85. The number of aryl methyl sites for hydroxylation is 1. The van der Waals surface area contributed by atoms with Crippen LogP contribution in [0.4, 0.5) is 15.0 Å². The SMILES string of the molecule is CNS(=O)(=O)[N-]c1cc(Cc2c(C)c3cc(F)c(OC(=O)N(C)C)cc3oc2=O)ccn1.[Na+]. The molecule has 10 nitrogen and oxygen atoms in total. The normalized spacial score (nSPS) is 11.1. The van der Waals surface area contributed by atoms with E-state index in [9.17, 15) is 22.4 Å². The minimum atomic E-state index is -3.88. The van der Waals surface area contributed by atoms with Gasteiger partial charge in [-0.3, -0.25) is 0 Å². The second kappa shape index (κ2) is 10.6. The zero-order valence-corrected chi connectivity index (χ0v) is 21.5. The number of nitrogens with zero attached hydrogens (tertiary/aromatic N) is 3. The van der Waals surface area contributed by atoms with Crippen LogP contribution < -0.4 is 44.6 Å². The van der Waals surface area contributed by atoms with E-state index in [0.717, 1.165) is 17.0 Å². The van der Waals surface area contributed by atoms with Crippen LogP contribution in [-0.2, 0) is 16.6 Å². The molecule has 13 heteroatoms. The van der Waals surface area contributed by atoms with Crippen LogP contribution in [0.1, 0.15) is 16.7 Å². The van der Waals surface area contributed by atoms with Crippen molar-refractivity contribution in [2.75, 3.05) is 21.1 Å². The van der Waals surface area contributed by atoms with Crippen molar-refractivity contribution >= 4 is 33.1 Å². The minimum Gasteiger partial charge on any atom is -0.442 e. The monoisotopic (exact) mass is 486 g/mol. The summed E-state index contributed by atoms with van der Waals surface area (Å²) in [6, 6.07) is 5.29. The zero-order valence-electron chi connectivity index (χ0n) is 18.7. The summed E-state index contributed by atoms with van der Waals surface area (Å²) in [5, 5.41) is 0.332. The van der Waals surface area contributed by atoms with Gasteiger partial charge in [-0.05, 0) is 37.0 Å². The van der Waals surface area contributed by atoms with Crippen molar-refractivity contribution in [3.05, 3.63) is 68.1 Å². The number of nitrogens with one attached hydrogen (secondary N) is 1. The van der Waals surface area contributed by atoms with Crippen molar-refractivity contribution in [1.82, 2.24) is 14.6 Å². The molecule has 3 aromatic rings. The molecular formula is C20H20FN4NaO6S. The summed E-state index contributed by atoms with van der Waals surface area (Å²) < 4.78 is 53.6. The summed E-state index contributed by atoms with van der Waals surface area (Å²) in [6.07, 6.45) is 0.661. The van der Waals surface area contributed by atoms with Gasteiger partial charge in [-0.25, -0.2) is 27.1 Å². The fourth-order valence-corrected chi connectivity index (χ4v) is 3.29. The first-order valence-corrected chi connectivity index (χ1v) is 10.7. The Hall–Kier alpha value is -2.51. The summed E-state index contributed by atoms with van der Waals surface area (Å²) in [4.78, 5) is 29.4. The molecule has 0 radical (unpaired) electrons. The molecule has 0 atom stereocenters. The summed E-state index contributed by atoms with van der Waals surface area (Å²) in [5.41, 5.74) is 0.675. The Bertz CT molecular complexity index is 1360. The second-order valence-electron chi connectivity index (χ2n) is 7.00. The number of rotatable bonds is 6. The van der Waals surface area contributed by atoms with Gasteiger partial charge in [0.15, 0.2) is 11.6 Å². The van der Waals surface area contributed by atoms with Crippen molar-refractivity contribution in [2.24, 2.45) is 0 Å². The van der Waals surface area contributed by atoms with Gasteiger partial charge in [0, 0.05) is 37.5 Å². The van der Waals surface area contributed by atoms with E-state index in [-0.39, 0.29) is 58.7 Å². The van der Waals surface area contributed by atoms with E-state index in [1.165, 1.54) is 33.4 Å². The number of halogens is 1. The van der Waals surface area contributed by atoms with Gasteiger partial charge in [0.25, 0.3) is 0 Å². The number of ether oxygens (including phenoxy) is 1. The third kappa shape index (κ3) is 6.30. The van der Waals surface area contributed by atoms with Crippen LogP contribution in [0.25, 0.3) is 15.7 Å². The van der Waals surface area contributed by atoms with Crippen molar-refractivity contribution in [3.63, 3.8) is 0 Å². The third-order valence-electron chi connectivity index (χ3n) is 4.56. The molecule has 0 saturated heterocycles. The standard InChI is InChI=1S/C20H20FN4O6S.Na/c1-11-13-9-15(21)17(31-20(27)25(3)4)10-16(13)30-19(26)14(11)7-12-5-6-23-18(8-12)24-32(28,29)22-2;/h5-6,8-10,22H,7H2,1-4H3;/q-1;+1. The smallest absolute Gasteiger partial charge is 0.442 e. The molecule has 2 aromatic heterocycles. The van der Waals surface area contributed by atoms with Gasteiger partial charge in [0.05, 0.1) is 0 Å². The predicted molar refractivity (Wildman–Crippen MR) is 115 cm³/mol. The van der Waals surface area contributed by atoms with Gasteiger partial charge in [0.1, 0.15) is 5.58 Å². The van der Waals surface area contributed by atoms with Crippen LogP contribution in [0.2, 0.25) is 0 Å². The molecule has 0 bridgehead atoms. The number of carbonyl (C=O) groups excluding carboxylic acids is 1. The maximum Gasteiger partial charge on any atom is 1.00 e. The first-order chi connectivity index (χ1) is 15.0. The molecule has 1 amide bonds. The van der Waals surface area contributed by atoms with Gasteiger partial charge in [-0.15, -0.1) is 0 Å². The number of hydrogen-bond acceptors (Lipinski definition) is 7. The Kier molecular flexibility index (Phi) is 8.60. The van der Waals surface area contributed by atoms with Gasteiger partial charge < -0.3 is 23.8 Å². The molecular weight excluding hydrogens is 466 g/mol. The van der Waals surface area contributed by atoms with E-state index < -0.39 is 27.7 Å². The van der Waals surface area contributed by atoms with Crippen molar-refractivity contribution < 1.29 is 56.3 Å². The Balaban J connectivity index is 0.00000385. The van der Waals surface area contributed by atoms with E-state index in [0.29, 0.717) is 16.5 Å². The number of aromatic nitrogens is 1. The molecule has 1 N–H and O–H groups in total. The molecule has 0 aliphatic carbocycles. The first-order valence-electron chi connectivity index (χ1n) is 9.27. The molecule has 0 spiro atoms. The maximum atomic E-state index is 14.5. The zero-order chi connectivity index (χ0) is 23.6. The van der Waals surface area contributed by atoms with Crippen LogP contribution in [-0.4, -0.2) is 45.5 Å². The van der Waals surface area contributed by atoms with E-state index in [4.69, 9.17) is 9.15 Å². The quantitative estimate of drug-likeness (QED) is 0.376. The largest absolute Gasteiger partial charge is 1.00 e. The molecule has 170 valence electrons. The number of pyridine rings is 1. The predicted octanol–water partition coefficient (Wildman–Crippen LogP) is -0.240. The summed E-state index contributed by atoms with van der Waals surface area (Å²) >= 11 is 0. The second-order valence-corrected chi connectivity index (χ2v) is 8.54. The molecule has 0 saturated carbocycles. The van der Waals surface area contributed by atoms with Crippen molar-refractivity contribution in [3.8, 4) is 5.75 Å². The average molecular weight is 486 g/mol. The summed E-state index contributed by atoms with van der Waals surface area (Å²) in [7, 11) is 0.238. The molecule has 0 fully saturated rings. The van der Waals surface area contributed by atoms with Crippen LogP contribution >= 0.6 is 0 Å². The van der Waals surface area contributed by atoms with E-state index in [1.807, 2.05) is 0 Å². The molecule has 3 rings (SSSR count). The van der Waals surface area contributed by atoms with Gasteiger partial charge in [-0.1, -0.05) is 18.3 Å². The van der Waals surface area contributed by atoms with Gasteiger partial charge >= 0.3 is 41.3 Å². The molecule has 0 aliphatic rings. The first kappa shape index (κ1) is 26.7. The Morgan fingerprint density at radius 1 is 1.30 bits per heavy atom. The third-order valence-corrected chi connectivity index (χ3v) is 5.51. The number of fused-ring (bicyclic) bond motifs is 1.